The second-order valence-corrected chi connectivity index (χ2v) is 7.04. The monoisotopic (exact) mass is 360 g/mol. The molecule has 124 valence electrons. The first-order valence-electron chi connectivity index (χ1n) is 7.47. The zero-order valence-electron chi connectivity index (χ0n) is 13.7. The summed E-state index contributed by atoms with van der Waals surface area (Å²) < 4.78 is 8.54. The summed E-state index contributed by atoms with van der Waals surface area (Å²) in [6.07, 6.45) is 0. The Morgan fingerprint density at radius 1 is 1.25 bits per heavy atom. The van der Waals surface area contributed by atoms with Crippen LogP contribution in [-0.4, -0.2) is 17.1 Å². The van der Waals surface area contributed by atoms with Crippen molar-refractivity contribution in [2.75, 3.05) is 6.61 Å². The molecule has 0 atom stereocenters. The van der Waals surface area contributed by atoms with Gasteiger partial charge in [0.05, 0.1) is 10.2 Å². The van der Waals surface area contributed by atoms with Crippen LogP contribution >= 0.6 is 22.9 Å². The SMILES string of the molecule is Cc1cc(C)c2sc(=NC(=O)COc3ccc(Cl)cc3)n(C)c2c1. The van der Waals surface area contributed by atoms with E-state index in [4.69, 9.17) is 16.3 Å². The Hall–Kier alpha value is -2.11. The summed E-state index contributed by atoms with van der Waals surface area (Å²) in [6.45, 7) is 4.03. The van der Waals surface area contributed by atoms with Gasteiger partial charge in [0, 0.05) is 12.1 Å². The van der Waals surface area contributed by atoms with Crippen molar-refractivity contribution in [2.45, 2.75) is 13.8 Å². The maximum absolute atomic E-state index is 12.1. The standard InChI is InChI=1S/C18H17ClN2O2S/c1-11-8-12(2)17-15(9-11)21(3)18(24-17)20-16(22)10-23-14-6-4-13(19)5-7-14/h4-9H,10H2,1-3H3. The van der Waals surface area contributed by atoms with E-state index in [2.05, 4.69) is 31.0 Å². The smallest absolute Gasteiger partial charge is 0.286 e. The summed E-state index contributed by atoms with van der Waals surface area (Å²) >= 11 is 7.33. The molecule has 0 saturated carbocycles. The molecule has 0 bridgehead atoms. The van der Waals surface area contributed by atoms with Crippen molar-refractivity contribution in [3.8, 4) is 5.75 Å². The number of hydrogen-bond acceptors (Lipinski definition) is 3. The van der Waals surface area contributed by atoms with E-state index >= 15 is 0 Å². The third-order valence-electron chi connectivity index (χ3n) is 3.64. The molecule has 1 heterocycles. The molecule has 3 rings (SSSR count). The highest BCUT2D eigenvalue weighted by Gasteiger charge is 2.08. The predicted octanol–water partition coefficient (Wildman–Crippen LogP) is 4.02. The molecule has 0 aliphatic carbocycles. The molecule has 1 aromatic heterocycles. The average Bonchev–Trinajstić information content (AvgIpc) is 2.84. The van der Waals surface area contributed by atoms with Gasteiger partial charge in [0.2, 0.25) is 0 Å². The molecule has 0 unspecified atom stereocenters. The molecule has 0 aliphatic rings. The van der Waals surface area contributed by atoms with Gasteiger partial charge in [-0.05, 0) is 55.3 Å². The number of benzene rings is 2. The number of fused-ring (bicyclic) bond motifs is 1. The Morgan fingerprint density at radius 3 is 2.67 bits per heavy atom. The van der Waals surface area contributed by atoms with Crippen molar-refractivity contribution in [3.05, 3.63) is 57.3 Å². The first-order chi connectivity index (χ1) is 11.4. The number of carbonyl (C=O) groups excluding carboxylic acids is 1. The van der Waals surface area contributed by atoms with Crippen LogP contribution in [0.15, 0.2) is 41.4 Å². The highest BCUT2D eigenvalue weighted by Crippen LogP contribution is 2.22. The highest BCUT2D eigenvalue weighted by molar-refractivity contribution is 7.16. The molecule has 0 N–H and O–H groups in total. The summed E-state index contributed by atoms with van der Waals surface area (Å²) in [5.74, 6) is 0.275. The lowest BCUT2D eigenvalue weighted by Crippen LogP contribution is -2.17. The number of thiazole rings is 1. The van der Waals surface area contributed by atoms with E-state index in [1.165, 1.54) is 22.5 Å². The molecular weight excluding hydrogens is 344 g/mol. The molecule has 0 spiro atoms. The van der Waals surface area contributed by atoms with Gasteiger partial charge in [-0.25, -0.2) is 0 Å². The summed E-state index contributed by atoms with van der Waals surface area (Å²) in [5.41, 5.74) is 3.47. The van der Waals surface area contributed by atoms with Gasteiger partial charge in [-0.3, -0.25) is 4.79 Å². The molecule has 6 heteroatoms. The largest absolute Gasteiger partial charge is 0.484 e. The van der Waals surface area contributed by atoms with Gasteiger partial charge in [-0.15, -0.1) is 0 Å². The summed E-state index contributed by atoms with van der Waals surface area (Å²) in [5, 5.41) is 0.626. The van der Waals surface area contributed by atoms with E-state index in [-0.39, 0.29) is 12.5 Å². The number of rotatable bonds is 3. The minimum atomic E-state index is -0.318. The Bertz CT molecular complexity index is 971. The number of carbonyl (C=O) groups is 1. The summed E-state index contributed by atoms with van der Waals surface area (Å²) in [6, 6.07) is 11.1. The quantitative estimate of drug-likeness (QED) is 0.708. The van der Waals surface area contributed by atoms with Crippen LogP contribution in [0.3, 0.4) is 0 Å². The van der Waals surface area contributed by atoms with Crippen LogP contribution in [-0.2, 0) is 11.8 Å². The molecule has 3 aromatic rings. The van der Waals surface area contributed by atoms with E-state index in [9.17, 15) is 4.79 Å². The number of ether oxygens (including phenoxy) is 1. The van der Waals surface area contributed by atoms with Crippen LogP contribution in [0.4, 0.5) is 0 Å². The van der Waals surface area contributed by atoms with Crippen molar-refractivity contribution in [2.24, 2.45) is 12.0 Å². The van der Waals surface area contributed by atoms with Crippen LogP contribution in [0.1, 0.15) is 11.1 Å². The first kappa shape index (κ1) is 16.7. The van der Waals surface area contributed by atoms with Crippen molar-refractivity contribution in [3.63, 3.8) is 0 Å². The summed E-state index contributed by atoms with van der Waals surface area (Å²) in [4.78, 5) is 17.0. The van der Waals surface area contributed by atoms with Crippen molar-refractivity contribution >= 4 is 39.1 Å². The number of halogens is 1. The van der Waals surface area contributed by atoms with Crippen molar-refractivity contribution in [1.29, 1.82) is 0 Å². The second-order valence-electron chi connectivity index (χ2n) is 5.62. The van der Waals surface area contributed by atoms with Gasteiger partial charge in [0.1, 0.15) is 5.75 Å². The van der Waals surface area contributed by atoms with Crippen LogP contribution in [0, 0.1) is 13.8 Å². The lowest BCUT2D eigenvalue weighted by Gasteiger charge is -2.02. The van der Waals surface area contributed by atoms with Gasteiger partial charge < -0.3 is 9.30 Å². The maximum atomic E-state index is 12.1. The first-order valence-corrected chi connectivity index (χ1v) is 8.66. The van der Waals surface area contributed by atoms with Gasteiger partial charge in [-0.2, -0.15) is 4.99 Å². The number of amides is 1. The number of nitrogens with zero attached hydrogens (tertiary/aromatic N) is 2. The van der Waals surface area contributed by atoms with Gasteiger partial charge in [-0.1, -0.05) is 29.0 Å². The van der Waals surface area contributed by atoms with Crippen molar-refractivity contribution in [1.82, 2.24) is 4.57 Å². The van der Waals surface area contributed by atoms with E-state index in [0.29, 0.717) is 15.6 Å². The van der Waals surface area contributed by atoms with Crippen LogP contribution in [0.5, 0.6) is 5.75 Å². The van der Waals surface area contributed by atoms with E-state index < -0.39 is 0 Å². The van der Waals surface area contributed by atoms with Gasteiger partial charge in [0.15, 0.2) is 11.4 Å². The molecule has 0 aliphatic heterocycles. The molecule has 4 nitrogen and oxygen atoms in total. The molecule has 2 aromatic carbocycles. The molecular formula is C18H17ClN2O2S. The minimum absolute atomic E-state index is 0.103. The Morgan fingerprint density at radius 2 is 1.96 bits per heavy atom. The third kappa shape index (κ3) is 3.52. The number of aromatic nitrogens is 1. The molecule has 1 amide bonds. The number of aryl methyl sites for hydroxylation is 3. The highest BCUT2D eigenvalue weighted by atomic mass is 35.5. The van der Waals surface area contributed by atoms with Crippen LogP contribution in [0.2, 0.25) is 5.02 Å². The minimum Gasteiger partial charge on any atom is -0.484 e. The lowest BCUT2D eigenvalue weighted by molar-refractivity contribution is -0.120. The summed E-state index contributed by atoms with van der Waals surface area (Å²) in [7, 11) is 1.92. The predicted molar refractivity (Wildman–Crippen MR) is 97.8 cm³/mol. The lowest BCUT2D eigenvalue weighted by atomic mass is 10.1. The Labute approximate surface area is 149 Å². The van der Waals surface area contributed by atoms with Crippen LogP contribution in [0.25, 0.3) is 10.2 Å². The fraction of sp³-hybridized carbons (Fsp3) is 0.222. The Balaban J connectivity index is 1.84. The van der Waals surface area contributed by atoms with E-state index in [1.807, 2.05) is 11.6 Å². The average molecular weight is 361 g/mol. The topological polar surface area (TPSA) is 43.6 Å². The second kappa shape index (κ2) is 6.79. The van der Waals surface area contributed by atoms with Crippen molar-refractivity contribution < 1.29 is 9.53 Å². The zero-order valence-corrected chi connectivity index (χ0v) is 15.2. The molecule has 24 heavy (non-hydrogen) atoms. The number of hydrogen-bond donors (Lipinski definition) is 0. The van der Waals surface area contributed by atoms with E-state index in [1.54, 1.807) is 24.3 Å². The van der Waals surface area contributed by atoms with Gasteiger partial charge in [0.25, 0.3) is 5.91 Å². The normalized spacial score (nSPS) is 11.9. The molecule has 0 radical (unpaired) electrons. The van der Waals surface area contributed by atoms with Crippen LogP contribution < -0.4 is 9.54 Å². The Kier molecular flexibility index (Phi) is 4.73. The van der Waals surface area contributed by atoms with Gasteiger partial charge >= 0.3 is 0 Å². The third-order valence-corrected chi connectivity index (χ3v) is 5.17. The van der Waals surface area contributed by atoms with E-state index in [0.717, 1.165) is 10.2 Å². The molecule has 0 fully saturated rings. The fourth-order valence-electron chi connectivity index (χ4n) is 2.49. The molecule has 0 saturated heterocycles. The zero-order chi connectivity index (χ0) is 17.3. The maximum Gasteiger partial charge on any atom is 0.286 e. The fourth-order valence-corrected chi connectivity index (χ4v) is 3.70.